The lowest BCUT2D eigenvalue weighted by Gasteiger charge is -2.03. The fraction of sp³-hybridized carbons (Fsp3) is 0.125. The Kier molecular flexibility index (Phi) is 2.80. The van der Waals surface area contributed by atoms with Crippen LogP contribution in [0.1, 0.15) is 16.0 Å². The molecule has 3 aromatic rings. The van der Waals surface area contributed by atoms with E-state index in [1.807, 2.05) is 30.3 Å². The van der Waals surface area contributed by atoms with Crippen LogP contribution in [0.3, 0.4) is 0 Å². The first-order chi connectivity index (χ1) is 8.75. The molecule has 0 aliphatic heterocycles. The van der Waals surface area contributed by atoms with Crippen molar-refractivity contribution in [2.75, 3.05) is 0 Å². The Balaban J connectivity index is 2.06. The summed E-state index contributed by atoms with van der Waals surface area (Å²) >= 11 is 1.68. The summed E-state index contributed by atoms with van der Waals surface area (Å²) in [5, 5.41) is 11.2. The molecule has 0 unspecified atom stereocenters. The first-order valence-electron chi connectivity index (χ1n) is 5.99. The Labute approximate surface area is 110 Å². The standard InChI is InChI=1S/C16H14OS/c1-11-6-2-3-7-12(11)10-15-16(17)13-8-4-5-9-14(13)18-15/h2-9,17H,10H2,1H3. The minimum atomic E-state index is 0.443. The van der Waals surface area contributed by atoms with Crippen molar-refractivity contribution in [2.45, 2.75) is 13.3 Å². The molecule has 0 radical (unpaired) electrons. The van der Waals surface area contributed by atoms with E-state index in [2.05, 4.69) is 25.1 Å². The highest BCUT2D eigenvalue weighted by molar-refractivity contribution is 7.19. The van der Waals surface area contributed by atoms with Crippen LogP contribution in [0.25, 0.3) is 10.1 Å². The summed E-state index contributed by atoms with van der Waals surface area (Å²) in [6, 6.07) is 16.3. The van der Waals surface area contributed by atoms with Gasteiger partial charge in [0.05, 0.1) is 4.88 Å². The predicted octanol–water partition coefficient (Wildman–Crippen LogP) is 4.51. The third kappa shape index (κ3) is 1.89. The zero-order valence-electron chi connectivity index (χ0n) is 10.2. The highest BCUT2D eigenvalue weighted by Gasteiger charge is 2.11. The Hall–Kier alpha value is -1.80. The summed E-state index contributed by atoms with van der Waals surface area (Å²) in [4.78, 5) is 1.05. The summed E-state index contributed by atoms with van der Waals surface area (Å²) in [6.45, 7) is 2.11. The summed E-state index contributed by atoms with van der Waals surface area (Å²) in [5.41, 5.74) is 2.55. The molecule has 1 N–H and O–H groups in total. The van der Waals surface area contributed by atoms with E-state index in [0.29, 0.717) is 5.75 Å². The van der Waals surface area contributed by atoms with E-state index in [4.69, 9.17) is 0 Å². The van der Waals surface area contributed by atoms with E-state index < -0.39 is 0 Å². The summed E-state index contributed by atoms with van der Waals surface area (Å²) in [6.07, 6.45) is 0.803. The SMILES string of the molecule is Cc1ccccc1Cc1sc2ccccc2c1O. The molecule has 1 heterocycles. The second kappa shape index (κ2) is 4.46. The normalized spacial score (nSPS) is 10.9. The van der Waals surface area contributed by atoms with Crippen LogP contribution in [-0.4, -0.2) is 5.11 Å². The molecule has 0 bridgehead atoms. The zero-order chi connectivity index (χ0) is 12.5. The number of hydrogen-bond acceptors (Lipinski definition) is 2. The molecule has 0 aliphatic rings. The maximum atomic E-state index is 10.3. The van der Waals surface area contributed by atoms with Crippen molar-refractivity contribution in [3.05, 3.63) is 64.5 Å². The lowest BCUT2D eigenvalue weighted by atomic mass is 10.0. The van der Waals surface area contributed by atoms with E-state index >= 15 is 0 Å². The first-order valence-corrected chi connectivity index (χ1v) is 6.81. The molecule has 2 heteroatoms. The van der Waals surface area contributed by atoms with Crippen LogP contribution in [0.15, 0.2) is 48.5 Å². The van der Waals surface area contributed by atoms with Gasteiger partial charge < -0.3 is 5.11 Å². The third-order valence-electron chi connectivity index (χ3n) is 3.25. The third-order valence-corrected chi connectivity index (χ3v) is 4.41. The van der Waals surface area contributed by atoms with Crippen molar-refractivity contribution >= 4 is 21.4 Å². The van der Waals surface area contributed by atoms with Crippen LogP contribution >= 0.6 is 11.3 Å². The maximum absolute atomic E-state index is 10.3. The number of aromatic hydroxyl groups is 1. The van der Waals surface area contributed by atoms with Gasteiger partial charge in [0.25, 0.3) is 0 Å². The fourth-order valence-corrected chi connectivity index (χ4v) is 3.30. The molecule has 18 heavy (non-hydrogen) atoms. The maximum Gasteiger partial charge on any atom is 0.137 e. The van der Waals surface area contributed by atoms with Gasteiger partial charge in [-0.1, -0.05) is 36.4 Å². The monoisotopic (exact) mass is 254 g/mol. The van der Waals surface area contributed by atoms with E-state index in [1.165, 1.54) is 11.1 Å². The molecule has 90 valence electrons. The van der Waals surface area contributed by atoms with Crippen molar-refractivity contribution in [3.8, 4) is 5.75 Å². The van der Waals surface area contributed by atoms with Crippen molar-refractivity contribution in [2.24, 2.45) is 0 Å². The average Bonchev–Trinajstić information content (AvgIpc) is 2.70. The predicted molar refractivity (Wildman–Crippen MR) is 77.5 cm³/mol. The van der Waals surface area contributed by atoms with Gasteiger partial charge >= 0.3 is 0 Å². The largest absolute Gasteiger partial charge is 0.506 e. The first kappa shape index (κ1) is 11.3. The van der Waals surface area contributed by atoms with E-state index in [-0.39, 0.29) is 0 Å². The van der Waals surface area contributed by atoms with Crippen molar-refractivity contribution < 1.29 is 5.11 Å². The van der Waals surface area contributed by atoms with Gasteiger partial charge in [-0.25, -0.2) is 0 Å². The van der Waals surface area contributed by atoms with Gasteiger partial charge in [-0.05, 0) is 30.2 Å². The highest BCUT2D eigenvalue weighted by Crippen LogP contribution is 2.38. The molecule has 0 atom stereocenters. The molecule has 3 rings (SSSR count). The number of hydrogen-bond donors (Lipinski definition) is 1. The van der Waals surface area contributed by atoms with E-state index in [0.717, 1.165) is 21.4 Å². The quantitative estimate of drug-likeness (QED) is 0.713. The van der Waals surface area contributed by atoms with Crippen LogP contribution in [-0.2, 0) is 6.42 Å². The molecular weight excluding hydrogens is 240 g/mol. The summed E-state index contributed by atoms with van der Waals surface area (Å²) in [5.74, 6) is 0.443. The molecule has 2 aromatic carbocycles. The van der Waals surface area contributed by atoms with E-state index in [1.54, 1.807) is 11.3 Å². The molecule has 0 spiro atoms. The topological polar surface area (TPSA) is 20.2 Å². The minimum absolute atomic E-state index is 0.443. The van der Waals surface area contributed by atoms with Gasteiger partial charge in [-0.15, -0.1) is 11.3 Å². The second-order valence-electron chi connectivity index (χ2n) is 4.47. The van der Waals surface area contributed by atoms with Gasteiger partial charge in [0.15, 0.2) is 0 Å². The van der Waals surface area contributed by atoms with Crippen molar-refractivity contribution in [1.29, 1.82) is 0 Å². The van der Waals surface area contributed by atoms with Crippen LogP contribution in [0, 0.1) is 6.92 Å². The smallest absolute Gasteiger partial charge is 0.137 e. The molecule has 1 nitrogen and oxygen atoms in total. The Bertz CT molecular complexity index is 697. The zero-order valence-corrected chi connectivity index (χ0v) is 11.0. The number of fused-ring (bicyclic) bond motifs is 1. The number of thiophene rings is 1. The lowest BCUT2D eigenvalue weighted by Crippen LogP contribution is -1.88. The highest BCUT2D eigenvalue weighted by atomic mass is 32.1. The average molecular weight is 254 g/mol. The molecule has 0 saturated carbocycles. The fourth-order valence-electron chi connectivity index (χ4n) is 2.18. The number of aryl methyl sites for hydroxylation is 1. The molecule has 0 aliphatic carbocycles. The summed E-state index contributed by atoms with van der Waals surface area (Å²) in [7, 11) is 0. The van der Waals surface area contributed by atoms with Gasteiger partial charge in [0.2, 0.25) is 0 Å². The van der Waals surface area contributed by atoms with Gasteiger partial charge in [-0.2, -0.15) is 0 Å². The summed E-state index contributed by atoms with van der Waals surface area (Å²) < 4.78 is 1.15. The molecule has 1 aromatic heterocycles. The minimum Gasteiger partial charge on any atom is -0.506 e. The van der Waals surface area contributed by atoms with Gasteiger partial charge in [0, 0.05) is 16.5 Å². The van der Waals surface area contributed by atoms with Crippen molar-refractivity contribution in [3.63, 3.8) is 0 Å². The molecule has 0 amide bonds. The molecule has 0 saturated heterocycles. The van der Waals surface area contributed by atoms with Crippen LogP contribution in [0.4, 0.5) is 0 Å². The van der Waals surface area contributed by atoms with Crippen LogP contribution in [0.5, 0.6) is 5.75 Å². The number of rotatable bonds is 2. The van der Waals surface area contributed by atoms with Crippen LogP contribution in [0.2, 0.25) is 0 Å². The van der Waals surface area contributed by atoms with Gasteiger partial charge in [0.1, 0.15) is 5.75 Å². The lowest BCUT2D eigenvalue weighted by molar-refractivity contribution is 0.478. The van der Waals surface area contributed by atoms with E-state index in [9.17, 15) is 5.11 Å². The Morgan fingerprint density at radius 1 is 1.00 bits per heavy atom. The van der Waals surface area contributed by atoms with Crippen LogP contribution < -0.4 is 0 Å². The Morgan fingerprint density at radius 3 is 2.50 bits per heavy atom. The van der Waals surface area contributed by atoms with Crippen molar-refractivity contribution in [1.82, 2.24) is 0 Å². The Morgan fingerprint density at radius 2 is 1.72 bits per heavy atom. The second-order valence-corrected chi connectivity index (χ2v) is 5.61. The number of benzene rings is 2. The molecular formula is C16H14OS. The van der Waals surface area contributed by atoms with Gasteiger partial charge in [-0.3, -0.25) is 0 Å². The molecule has 0 fully saturated rings.